The summed E-state index contributed by atoms with van der Waals surface area (Å²) < 4.78 is 5.32. The van der Waals surface area contributed by atoms with Crippen molar-refractivity contribution in [1.82, 2.24) is 4.37 Å². The Morgan fingerprint density at radius 2 is 2.21 bits per heavy atom. The Bertz CT molecular complexity index is 395. The summed E-state index contributed by atoms with van der Waals surface area (Å²) >= 11 is 6.57. The van der Waals surface area contributed by atoms with Crippen LogP contribution in [-0.4, -0.2) is 4.37 Å². The minimum Gasteiger partial charge on any atom is -0.319 e. The maximum absolute atomic E-state index is 6.10. The molecule has 2 rings (SSSR count). The van der Waals surface area contributed by atoms with Crippen LogP contribution in [0.1, 0.15) is 21.5 Å². The lowest BCUT2D eigenvalue weighted by Crippen LogP contribution is -2.07. The second-order valence-electron chi connectivity index (χ2n) is 3.02. The van der Waals surface area contributed by atoms with Crippen molar-refractivity contribution in [3.63, 3.8) is 0 Å². The molecule has 0 radical (unpaired) electrons. The van der Waals surface area contributed by atoms with E-state index in [4.69, 9.17) is 5.73 Å². The molecule has 2 N–H and O–H groups in total. The van der Waals surface area contributed by atoms with Crippen molar-refractivity contribution in [2.75, 3.05) is 0 Å². The van der Waals surface area contributed by atoms with Crippen LogP contribution in [0.5, 0.6) is 0 Å². The molecule has 0 aromatic carbocycles. The van der Waals surface area contributed by atoms with E-state index in [-0.39, 0.29) is 6.04 Å². The first-order chi connectivity index (χ1) is 6.66. The first-order valence-corrected chi connectivity index (χ1v) is 6.54. The Hall–Kier alpha value is -0.230. The first kappa shape index (κ1) is 10.3. The zero-order valence-corrected chi connectivity index (χ0v) is 10.7. The van der Waals surface area contributed by atoms with Gasteiger partial charge in [-0.2, -0.15) is 4.37 Å². The molecule has 2 nitrogen and oxygen atoms in total. The second-order valence-corrected chi connectivity index (χ2v) is 5.71. The summed E-state index contributed by atoms with van der Waals surface area (Å²) in [5.74, 6) is 0. The highest BCUT2D eigenvalue weighted by Crippen LogP contribution is 2.30. The quantitative estimate of drug-likeness (QED) is 0.921. The zero-order valence-electron chi connectivity index (χ0n) is 7.53. The predicted octanol–water partition coefficient (Wildman–Crippen LogP) is 3.32. The number of nitrogens with zero attached hydrogens (tertiary/aromatic N) is 1. The molecule has 2 aromatic heterocycles. The van der Waals surface area contributed by atoms with Gasteiger partial charge in [-0.15, -0.1) is 11.3 Å². The molecular weight excluding hydrogens is 280 g/mol. The number of hydrogen-bond acceptors (Lipinski definition) is 4. The van der Waals surface area contributed by atoms with Gasteiger partial charge in [0.2, 0.25) is 0 Å². The summed E-state index contributed by atoms with van der Waals surface area (Å²) in [4.78, 5) is 2.29. The topological polar surface area (TPSA) is 38.9 Å². The average Bonchev–Trinajstić information content (AvgIpc) is 2.73. The molecule has 1 unspecified atom stereocenters. The van der Waals surface area contributed by atoms with E-state index < -0.39 is 0 Å². The van der Waals surface area contributed by atoms with Crippen molar-refractivity contribution in [3.05, 3.63) is 37.4 Å². The molecule has 0 saturated heterocycles. The Balaban J connectivity index is 2.28. The van der Waals surface area contributed by atoms with Gasteiger partial charge in [-0.25, -0.2) is 0 Å². The molecule has 0 aliphatic rings. The van der Waals surface area contributed by atoms with Gasteiger partial charge in [0.1, 0.15) is 0 Å². The standard InChI is InChI=1S/C9H9BrN2S2/c1-5-2-8(14-12-5)9(11)7-3-6(10)4-13-7/h2-4,9H,11H2,1H3. The third-order valence-corrected chi connectivity index (χ3v) is 4.59. The Kier molecular flexibility index (Phi) is 3.02. The van der Waals surface area contributed by atoms with Crippen LogP contribution in [-0.2, 0) is 0 Å². The van der Waals surface area contributed by atoms with Crippen LogP contribution >= 0.6 is 38.8 Å². The van der Waals surface area contributed by atoms with E-state index >= 15 is 0 Å². The molecule has 0 fully saturated rings. The van der Waals surface area contributed by atoms with Crippen molar-refractivity contribution in [1.29, 1.82) is 0 Å². The van der Waals surface area contributed by atoms with E-state index in [0.717, 1.165) is 15.0 Å². The molecule has 0 saturated carbocycles. The third kappa shape index (κ3) is 2.06. The smallest absolute Gasteiger partial charge is 0.0756 e. The number of aryl methyl sites for hydroxylation is 1. The van der Waals surface area contributed by atoms with Gasteiger partial charge in [0.15, 0.2) is 0 Å². The molecular formula is C9H9BrN2S2. The van der Waals surface area contributed by atoms with Crippen molar-refractivity contribution in [2.24, 2.45) is 5.73 Å². The summed E-state index contributed by atoms with van der Waals surface area (Å²) in [5.41, 5.74) is 7.14. The molecule has 0 aliphatic heterocycles. The van der Waals surface area contributed by atoms with Crippen LogP contribution < -0.4 is 5.73 Å². The lowest BCUT2D eigenvalue weighted by atomic mass is 10.2. The van der Waals surface area contributed by atoms with Gasteiger partial charge in [-0.1, -0.05) is 0 Å². The van der Waals surface area contributed by atoms with Gasteiger partial charge in [-0.3, -0.25) is 0 Å². The monoisotopic (exact) mass is 288 g/mol. The van der Waals surface area contributed by atoms with E-state index in [1.54, 1.807) is 11.3 Å². The van der Waals surface area contributed by atoms with Crippen LogP contribution in [0, 0.1) is 6.92 Å². The average molecular weight is 289 g/mol. The van der Waals surface area contributed by atoms with E-state index in [1.807, 2.05) is 18.4 Å². The summed E-state index contributed by atoms with van der Waals surface area (Å²) in [5, 5.41) is 2.04. The Morgan fingerprint density at radius 1 is 1.43 bits per heavy atom. The second kappa shape index (κ2) is 4.10. The maximum Gasteiger partial charge on any atom is 0.0756 e. The molecule has 0 spiro atoms. The van der Waals surface area contributed by atoms with Gasteiger partial charge in [0, 0.05) is 19.6 Å². The van der Waals surface area contributed by atoms with Crippen molar-refractivity contribution >= 4 is 38.8 Å². The minimum atomic E-state index is -0.0301. The van der Waals surface area contributed by atoms with E-state index in [9.17, 15) is 0 Å². The third-order valence-electron chi connectivity index (χ3n) is 1.85. The molecule has 5 heteroatoms. The number of halogens is 1. The molecule has 2 heterocycles. The fourth-order valence-corrected chi connectivity index (χ4v) is 3.47. The molecule has 74 valence electrons. The lowest BCUT2D eigenvalue weighted by molar-refractivity contribution is 0.916. The number of rotatable bonds is 2. The highest BCUT2D eigenvalue weighted by molar-refractivity contribution is 9.10. The first-order valence-electron chi connectivity index (χ1n) is 4.09. The summed E-state index contributed by atoms with van der Waals surface area (Å²) in [7, 11) is 0. The highest BCUT2D eigenvalue weighted by Gasteiger charge is 2.13. The van der Waals surface area contributed by atoms with Crippen molar-refractivity contribution < 1.29 is 0 Å². The van der Waals surface area contributed by atoms with Crippen molar-refractivity contribution in [2.45, 2.75) is 13.0 Å². The lowest BCUT2D eigenvalue weighted by Gasteiger charge is -2.04. The fourth-order valence-electron chi connectivity index (χ4n) is 1.16. The predicted molar refractivity (Wildman–Crippen MR) is 64.9 cm³/mol. The summed E-state index contributed by atoms with van der Waals surface area (Å²) in [6.45, 7) is 1.98. The number of hydrogen-bond donors (Lipinski definition) is 1. The van der Waals surface area contributed by atoms with Crippen LogP contribution in [0.3, 0.4) is 0 Å². The van der Waals surface area contributed by atoms with Crippen LogP contribution in [0.15, 0.2) is 22.0 Å². The Labute approximate surface area is 99.1 Å². The molecule has 0 amide bonds. The highest BCUT2D eigenvalue weighted by atomic mass is 79.9. The van der Waals surface area contributed by atoms with Crippen LogP contribution in [0.25, 0.3) is 0 Å². The number of aromatic nitrogens is 1. The summed E-state index contributed by atoms with van der Waals surface area (Å²) in [6, 6.07) is 4.07. The summed E-state index contributed by atoms with van der Waals surface area (Å²) in [6.07, 6.45) is 0. The number of thiophene rings is 1. The fraction of sp³-hybridized carbons (Fsp3) is 0.222. The molecule has 0 aliphatic carbocycles. The zero-order chi connectivity index (χ0) is 10.1. The SMILES string of the molecule is Cc1cc(C(N)c2cc(Br)cs2)sn1. The molecule has 14 heavy (non-hydrogen) atoms. The largest absolute Gasteiger partial charge is 0.319 e. The number of nitrogens with two attached hydrogens (primary N) is 1. The van der Waals surface area contributed by atoms with Gasteiger partial charge in [-0.05, 0) is 46.5 Å². The molecule has 1 atom stereocenters. The normalized spacial score (nSPS) is 13.1. The van der Waals surface area contributed by atoms with Gasteiger partial charge >= 0.3 is 0 Å². The van der Waals surface area contributed by atoms with Crippen LogP contribution in [0.4, 0.5) is 0 Å². The van der Waals surface area contributed by atoms with Gasteiger partial charge in [0.05, 0.1) is 11.7 Å². The Morgan fingerprint density at radius 3 is 2.71 bits per heavy atom. The van der Waals surface area contributed by atoms with Gasteiger partial charge in [0.25, 0.3) is 0 Å². The maximum atomic E-state index is 6.10. The van der Waals surface area contributed by atoms with E-state index in [2.05, 4.69) is 26.4 Å². The van der Waals surface area contributed by atoms with Crippen molar-refractivity contribution in [3.8, 4) is 0 Å². The van der Waals surface area contributed by atoms with Gasteiger partial charge < -0.3 is 5.73 Å². The van der Waals surface area contributed by atoms with Crippen LogP contribution in [0.2, 0.25) is 0 Å². The van der Waals surface area contributed by atoms with E-state index in [1.165, 1.54) is 16.4 Å². The minimum absolute atomic E-state index is 0.0301. The van der Waals surface area contributed by atoms with E-state index in [0.29, 0.717) is 0 Å². The molecule has 2 aromatic rings. The molecule has 0 bridgehead atoms.